The molecule has 0 saturated carbocycles. The van der Waals surface area contributed by atoms with E-state index in [1.54, 1.807) is 12.1 Å². The van der Waals surface area contributed by atoms with E-state index in [0.717, 1.165) is 29.8 Å². The number of benzene rings is 2. The number of imide groups is 1. The van der Waals surface area contributed by atoms with Crippen LogP contribution in [-0.4, -0.2) is 36.2 Å². The highest BCUT2D eigenvalue weighted by Crippen LogP contribution is 2.40. The molecule has 5 atom stereocenters. The summed E-state index contributed by atoms with van der Waals surface area (Å²) >= 11 is 0. The van der Waals surface area contributed by atoms with E-state index in [1.165, 1.54) is 29.2 Å². The number of carbonyl (C=O) groups is 3. The van der Waals surface area contributed by atoms with E-state index in [0.29, 0.717) is 11.3 Å². The number of ketones is 1. The number of anilines is 1. The molecule has 0 spiro atoms. The van der Waals surface area contributed by atoms with Crippen LogP contribution in [0.2, 0.25) is 0 Å². The first-order valence-electron chi connectivity index (χ1n) is 10.1. The maximum atomic E-state index is 13.4. The van der Waals surface area contributed by atoms with Gasteiger partial charge in [-0.05, 0) is 31.2 Å². The van der Waals surface area contributed by atoms with Crippen molar-refractivity contribution in [2.45, 2.75) is 31.8 Å². The maximum absolute atomic E-state index is 13.4. The predicted octanol–water partition coefficient (Wildman–Crippen LogP) is 1.55. The highest BCUT2D eigenvalue weighted by atomic mass is 19.1. The second-order valence-electron chi connectivity index (χ2n) is 8.32. The Balaban J connectivity index is 1.54. The first kappa shape index (κ1) is 18.2. The lowest BCUT2D eigenvalue weighted by Gasteiger charge is -2.25. The van der Waals surface area contributed by atoms with Crippen molar-refractivity contribution >= 4 is 23.3 Å². The van der Waals surface area contributed by atoms with Crippen LogP contribution in [0, 0.1) is 24.6 Å². The van der Waals surface area contributed by atoms with Crippen molar-refractivity contribution in [2.75, 3.05) is 11.4 Å². The van der Waals surface area contributed by atoms with Crippen molar-refractivity contribution in [2.24, 2.45) is 11.8 Å². The fourth-order valence-electron chi connectivity index (χ4n) is 5.48. The van der Waals surface area contributed by atoms with E-state index < -0.39 is 23.7 Å². The first-order chi connectivity index (χ1) is 14.0. The van der Waals surface area contributed by atoms with Crippen molar-refractivity contribution in [1.82, 2.24) is 0 Å². The van der Waals surface area contributed by atoms with Crippen LogP contribution in [0.5, 0.6) is 0 Å². The third kappa shape index (κ3) is 2.66. The lowest BCUT2D eigenvalue weighted by molar-refractivity contribution is -0.915. The highest BCUT2D eigenvalue weighted by Gasteiger charge is 2.68. The molecule has 29 heavy (non-hydrogen) atoms. The summed E-state index contributed by atoms with van der Waals surface area (Å²) in [6, 6.07) is 12.2. The topological polar surface area (TPSA) is 58.9 Å². The van der Waals surface area contributed by atoms with Crippen LogP contribution in [0.1, 0.15) is 28.8 Å². The molecule has 0 bridgehead atoms. The molecule has 0 aliphatic carbocycles. The summed E-state index contributed by atoms with van der Waals surface area (Å²) in [7, 11) is 0. The SMILES string of the molecule is Cc1ccc(C(=O)[C@H]2[C@@H]3C(=O)N(c4ccc(F)cc4)C(=O)[C@@H]3[C@H]3CCC[NH+]32)cc1. The molecule has 3 heterocycles. The van der Waals surface area contributed by atoms with Gasteiger partial charge < -0.3 is 4.90 Å². The minimum absolute atomic E-state index is 0.0127. The third-order valence-corrected chi connectivity index (χ3v) is 6.75. The number of hydrogen-bond donors (Lipinski definition) is 1. The number of amides is 2. The van der Waals surface area contributed by atoms with Gasteiger partial charge in [0, 0.05) is 18.4 Å². The van der Waals surface area contributed by atoms with Crippen LogP contribution >= 0.6 is 0 Å². The molecule has 0 aromatic heterocycles. The number of halogens is 1. The Morgan fingerprint density at radius 2 is 1.66 bits per heavy atom. The lowest BCUT2D eigenvalue weighted by Crippen LogP contribution is -3.16. The van der Waals surface area contributed by atoms with Gasteiger partial charge in [0.2, 0.25) is 17.6 Å². The quantitative estimate of drug-likeness (QED) is 0.636. The number of nitrogens with zero attached hydrogens (tertiary/aromatic N) is 1. The lowest BCUT2D eigenvalue weighted by atomic mass is 9.85. The van der Waals surface area contributed by atoms with Gasteiger partial charge in [-0.25, -0.2) is 9.29 Å². The fourth-order valence-corrected chi connectivity index (χ4v) is 5.48. The Kier molecular flexibility index (Phi) is 4.13. The van der Waals surface area contributed by atoms with Crippen molar-refractivity contribution < 1.29 is 23.7 Å². The molecule has 2 aromatic carbocycles. The van der Waals surface area contributed by atoms with Gasteiger partial charge in [0.1, 0.15) is 23.7 Å². The molecular formula is C23H22FN2O3+. The van der Waals surface area contributed by atoms with Crippen molar-refractivity contribution in [3.8, 4) is 0 Å². The van der Waals surface area contributed by atoms with Crippen LogP contribution in [0.15, 0.2) is 48.5 Å². The van der Waals surface area contributed by atoms with Gasteiger partial charge in [0.15, 0.2) is 6.04 Å². The summed E-state index contributed by atoms with van der Waals surface area (Å²) in [6.45, 7) is 2.76. The average Bonchev–Trinajstić information content (AvgIpc) is 3.35. The fraction of sp³-hybridized carbons (Fsp3) is 0.348. The Morgan fingerprint density at radius 1 is 1.00 bits per heavy atom. The molecular weight excluding hydrogens is 371 g/mol. The molecule has 148 valence electrons. The van der Waals surface area contributed by atoms with E-state index in [2.05, 4.69) is 0 Å². The second-order valence-corrected chi connectivity index (χ2v) is 8.32. The van der Waals surface area contributed by atoms with E-state index >= 15 is 0 Å². The van der Waals surface area contributed by atoms with Crippen LogP contribution in [0.25, 0.3) is 0 Å². The zero-order valence-corrected chi connectivity index (χ0v) is 16.1. The number of Topliss-reactive ketones (excluding diaryl/α,β-unsaturated/α-hetero) is 1. The number of nitrogens with one attached hydrogen (secondary N) is 1. The summed E-state index contributed by atoms with van der Waals surface area (Å²) in [4.78, 5) is 42.3. The molecule has 1 N–H and O–H groups in total. The zero-order chi connectivity index (χ0) is 20.3. The van der Waals surface area contributed by atoms with Crippen molar-refractivity contribution in [1.29, 1.82) is 0 Å². The van der Waals surface area contributed by atoms with Gasteiger partial charge in [-0.1, -0.05) is 29.8 Å². The standard InChI is InChI=1S/C23H21FN2O3/c1-13-4-6-14(7-5-13)21(27)20-19-18(17-3-2-12-25(17)20)22(28)26(23(19)29)16-10-8-15(24)9-11-16/h4-11,17-20H,2-3,12H2,1H3/p+1/t17-,18-,19-,20-/m1/s1. The smallest absolute Gasteiger partial charge is 0.244 e. The summed E-state index contributed by atoms with van der Waals surface area (Å²) < 4.78 is 13.3. The Bertz CT molecular complexity index is 1000. The monoisotopic (exact) mass is 393 g/mol. The summed E-state index contributed by atoms with van der Waals surface area (Å²) in [6.07, 6.45) is 1.78. The van der Waals surface area contributed by atoms with Gasteiger partial charge in [-0.2, -0.15) is 0 Å². The molecule has 3 aliphatic heterocycles. The number of rotatable bonds is 3. The molecule has 3 saturated heterocycles. The summed E-state index contributed by atoms with van der Waals surface area (Å²) in [5, 5.41) is 0. The van der Waals surface area contributed by atoms with E-state index in [-0.39, 0.29) is 23.6 Å². The minimum Gasteiger partial charge on any atom is -0.322 e. The van der Waals surface area contributed by atoms with Gasteiger partial charge >= 0.3 is 0 Å². The third-order valence-electron chi connectivity index (χ3n) is 6.75. The number of quaternary nitrogens is 1. The van der Waals surface area contributed by atoms with E-state index in [4.69, 9.17) is 0 Å². The van der Waals surface area contributed by atoms with E-state index in [1.807, 2.05) is 19.1 Å². The normalized spacial score (nSPS) is 30.6. The Hall–Kier alpha value is -2.86. The minimum atomic E-state index is -0.651. The average molecular weight is 393 g/mol. The Labute approximate surface area is 168 Å². The van der Waals surface area contributed by atoms with Gasteiger partial charge in [0.25, 0.3) is 0 Å². The van der Waals surface area contributed by atoms with Gasteiger partial charge in [-0.3, -0.25) is 14.4 Å². The van der Waals surface area contributed by atoms with Gasteiger partial charge in [-0.15, -0.1) is 0 Å². The molecule has 5 rings (SSSR count). The van der Waals surface area contributed by atoms with Crippen LogP contribution in [0.3, 0.4) is 0 Å². The molecule has 3 fully saturated rings. The summed E-state index contributed by atoms with van der Waals surface area (Å²) in [5.74, 6) is -2.21. The number of hydrogen-bond acceptors (Lipinski definition) is 3. The largest absolute Gasteiger partial charge is 0.322 e. The van der Waals surface area contributed by atoms with Crippen molar-refractivity contribution in [3.05, 3.63) is 65.5 Å². The summed E-state index contributed by atoms with van der Waals surface area (Å²) in [5.41, 5.74) is 2.02. The maximum Gasteiger partial charge on any atom is 0.244 e. The molecule has 5 nitrogen and oxygen atoms in total. The first-order valence-corrected chi connectivity index (χ1v) is 10.1. The van der Waals surface area contributed by atoms with Gasteiger partial charge in [0.05, 0.1) is 12.2 Å². The number of fused-ring (bicyclic) bond motifs is 3. The predicted molar refractivity (Wildman–Crippen MR) is 104 cm³/mol. The van der Waals surface area contributed by atoms with Crippen molar-refractivity contribution in [3.63, 3.8) is 0 Å². The number of carbonyl (C=O) groups excluding carboxylic acids is 3. The molecule has 2 aromatic rings. The molecule has 6 heteroatoms. The van der Waals surface area contributed by atoms with E-state index in [9.17, 15) is 18.8 Å². The van der Waals surface area contributed by atoms with Crippen LogP contribution in [-0.2, 0) is 9.59 Å². The molecule has 3 aliphatic rings. The molecule has 2 amide bonds. The molecule has 0 radical (unpaired) electrons. The number of aryl methyl sites for hydroxylation is 1. The van der Waals surface area contributed by atoms with Crippen LogP contribution in [0.4, 0.5) is 10.1 Å². The van der Waals surface area contributed by atoms with Crippen LogP contribution < -0.4 is 9.80 Å². The highest BCUT2D eigenvalue weighted by molar-refractivity contribution is 6.24. The second kappa shape index (κ2) is 6.59. The Morgan fingerprint density at radius 3 is 2.34 bits per heavy atom. The zero-order valence-electron chi connectivity index (χ0n) is 16.1. The molecule has 1 unspecified atom stereocenters.